The van der Waals surface area contributed by atoms with Crippen molar-refractivity contribution in [3.8, 4) is 5.75 Å². The predicted octanol–water partition coefficient (Wildman–Crippen LogP) is 3.90. The molecule has 1 aromatic heterocycles. The lowest BCUT2D eigenvalue weighted by molar-refractivity contribution is 0.474. The molecule has 0 fully saturated rings. The van der Waals surface area contributed by atoms with Gasteiger partial charge in [-0.3, -0.25) is 0 Å². The fraction of sp³-hybridized carbons (Fsp3) is 0.235. The second kappa shape index (κ2) is 6.24. The van der Waals surface area contributed by atoms with Crippen molar-refractivity contribution in [2.24, 2.45) is 0 Å². The van der Waals surface area contributed by atoms with Gasteiger partial charge in [-0.2, -0.15) is 0 Å². The molecular formula is C17H18N2OS. The van der Waals surface area contributed by atoms with Crippen molar-refractivity contribution < 1.29 is 5.11 Å². The minimum atomic E-state index is 0.264. The van der Waals surface area contributed by atoms with Crippen LogP contribution in [0.1, 0.15) is 23.5 Å². The maximum atomic E-state index is 9.31. The fourth-order valence-corrected chi connectivity index (χ4v) is 3.27. The van der Waals surface area contributed by atoms with E-state index >= 15 is 0 Å². The van der Waals surface area contributed by atoms with E-state index in [2.05, 4.69) is 35.4 Å². The summed E-state index contributed by atoms with van der Waals surface area (Å²) in [6.45, 7) is 3.02. The maximum absolute atomic E-state index is 9.31. The number of para-hydroxylation sites is 1. The van der Waals surface area contributed by atoms with Gasteiger partial charge in [-0.25, -0.2) is 4.98 Å². The lowest BCUT2D eigenvalue weighted by Crippen LogP contribution is -2.21. The number of nitrogens with zero attached hydrogens (tertiary/aromatic N) is 1. The summed E-state index contributed by atoms with van der Waals surface area (Å²) in [4.78, 5) is 4.64. The quantitative estimate of drug-likeness (QED) is 0.751. The number of hydrogen-bond acceptors (Lipinski definition) is 4. The number of rotatable bonds is 5. The van der Waals surface area contributed by atoms with Gasteiger partial charge in [-0.1, -0.05) is 24.3 Å². The molecule has 0 spiro atoms. The topological polar surface area (TPSA) is 45.2 Å². The first-order chi connectivity index (χ1) is 10.2. The Bertz CT molecular complexity index is 688. The average Bonchev–Trinajstić information content (AvgIpc) is 2.90. The molecule has 1 atom stereocenters. The molecule has 0 radical (unpaired) electrons. The van der Waals surface area contributed by atoms with Crippen molar-refractivity contribution in [1.82, 2.24) is 10.3 Å². The van der Waals surface area contributed by atoms with Crippen LogP contribution < -0.4 is 5.32 Å². The minimum absolute atomic E-state index is 0.264. The third-order valence-electron chi connectivity index (χ3n) is 3.52. The van der Waals surface area contributed by atoms with Crippen molar-refractivity contribution in [2.75, 3.05) is 6.54 Å². The minimum Gasteiger partial charge on any atom is -0.508 e. The summed E-state index contributed by atoms with van der Waals surface area (Å²) in [6, 6.07) is 15.9. The van der Waals surface area contributed by atoms with Crippen LogP contribution in [0.25, 0.3) is 10.2 Å². The highest BCUT2D eigenvalue weighted by molar-refractivity contribution is 7.18. The van der Waals surface area contributed by atoms with Crippen LogP contribution >= 0.6 is 11.3 Å². The van der Waals surface area contributed by atoms with Gasteiger partial charge < -0.3 is 10.4 Å². The molecule has 0 aliphatic heterocycles. The van der Waals surface area contributed by atoms with Gasteiger partial charge in [0.25, 0.3) is 0 Å². The number of aromatic nitrogens is 1. The summed E-state index contributed by atoms with van der Waals surface area (Å²) in [5, 5.41) is 14.0. The van der Waals surface area contributed by atoms with E-state index < -0.39 is 0 Å². The molecule has 108 valence electrons. The smallest absolute Gasteiger partial charge is 0.115 e. The zero-order valence-electron chi connectivity index (χ0n) is 11.9. The number of phenolic OH excluding ortho intramolecular Hbond substituents is 1. The molecule has 1 unspecified atom stereocenters. The van der Waals surface area contributed by atoms with Crippen LogP contribution in [-0.4, -0.2) is 16.6 Å². The number of aromatic hydroxyl groups is 1. The van der Waals surface area contributed by atoms with E-state index in [0.717, 1.165) is 18.5 Å². The van der Waals surface area contributed by atoms with Gasteiger partial charge in [-0.05, 0) is 36.8 Å². The molecule has 0 bridgehead atoms. The van der Waals surface area contributed by atoms with E-state index in [1.807, 2.05) is 18.2 Å². The van der Waals surface area contributed by atoms with Crippen molar-refractivity contribution in [2.45, 2.75) is 19.4 Å². The average molecular weight is 298 g/mol. The first-order valence-corrected chi connectivity index (χ1v) is 7.91. The van der Waals surface area contributed by atoms with E-state index in [9.17, 15) is 5.11 Å². The monoisotopic (exact) mass is 298 g/mol. The van der Waals surface area contributed by atoms with Gasteiger partial charge >= 0.3 is 0 Å². The third kappa shape index (κ3) is 3.40. The van der Waals surface area contributed by atoms with Gasteiger partial charge in [0.1, 0.15) is 5.75 Å². The summed E-state index contributed by atoms with van der Waals surface area (Å²) in [5.74, 6) is 0.306. The summed E-state index contributed by atoms with van der Waals surface area (Å²) >= 11 is 1.76. The Morgan fingerprint density at radius 1 is 1.14 bits per heavy atom. The number of thiazole rings is 1. The molecule has 2 aromatic carbocycles. The third-order valence-corrected chi connectivity index (χ3v) is 4.62. The SMILES string of the molecule is CC(NCCc1nc2ccccc2s1)c1ccc(O)cc1. The van der Waals surface area contributed by atoms with Crippen LogP contribution in [0, 0.1) is 0 Å². The predicted molar refractivity (Wildman–Crippen MR) is 87.8 cm³/mol. The van der Waals surface area contributed by atoms with Gasteiger partial charge in [0, 0.05) is 19.0 Å². The Balaban J connectivity index is 1.56. The Hall–Kier alpha value is -1.91. The first kappa shape index (κ1) is 14.0. The lowest BCUT2D eigenvalue weighted by Gasteiger charge is -2.13. The Kier molecular flexibility index (Phi) is 4.18. The number of hydrogen-bond donors (Lipinski definition) is 2. The van der Waals surface area contributed by atoms with Crippen molar-refractivity contribution in [1.29, 1.82) is 0 Å². The van der Waals surface area contributed by atoms with Gasteiger partial charge in [0.2, 0.25) is 0 Å². The standard InChI is InChI=1S/C17H18N2OS/c1-12(13-6-8-14(20)9-7-13)18-11-10-17-19-15-4-2-3-5-16(15)21-17/h2-9,12,18,20H,10-11H2,1H3. The summed E-state index contributed by atoms with van der Waals surface area (Å²) in [7, 11) is 0. The van der Waals surface area contributed by atoms with Crippen LogP contribution in [0.15, 0.2) is 48.5 Å². The number of fused-ring (bicyclic) bond motifs is 1. The van der Waals surface area contributed by atoms with Gasteiger partial charge in [0.15, 0.2) is 0 Å². The van der Waals surface area contributed by atoms with Gasteiger partial charge in [-0.15, -0.1) is 11.3 Å². The van der Waals surface area contributed by atoms with Crippen LogP contribution in [0.3, 0.4) is 0 Å². The Morgan fingerprint density at radius 2 is 1.90 bits per heavy atom. The molecule has 3 rings (SSSR count). The van der Waals surface area contributed by atoms with Crippen molar-refractivity contribution >= 4 is 21.6 Å². The number of benzene rings is 2. The summed E-state index contributed by atoms with van der Waals surface area (Å²) in [5.41, 5.74) is 2.26. The Morgan fingerprint density at radius 3 is 2.67 bits per heavy atom. The highest BCUT2D eigenvalue weighted by Crippen LogP contribution is 2.22. The summed E-state index contributed by atoms with van der Waals surface area (Å²) < 4.78 is 1.25. The molecule has 3 nitrogen and oxygen atoms in total. The second-order valence-electron chi connectivity index (χ2n) is 5.09. The van der Waals surface area contributed by atoms with E-state index in [-0.39, 0.29) is 6.04 Å². The van der Waals surface area contributed by atoms with Crippen molar-refractivity contribution in [3.05, 3.63) is 59.1 Å². The molecule has 0 aliphatic carbocycles. The first-order valence-electron chi connectivity index (χ1n) is 7.09. The summed E-state index contributed by atoms with van der Waals surface area (Å²) in [6.07, 6.45) is 0.932. The molecule has 3 aromatic rings. The van der Waals surface area contributed by atoms with E-state index in [0.29, 0.717) is 5.75 Å². The molecule has 21 heavy (non-hydrogen) atoms. The molecule has 0 aliphatic rings. The van der Waals surface area contributed by atoms with Crippen molar-refractivity contribution in [3.63, 3.8) is 0 Å². The van der Waals surface area contributed by atoms with Crippen LogP contribution in [0.4, 0.5) is 0 Å². The zero-order valence-corrected chi connectivity index (χ0v) is 12.7. The van der Waals surface area contributed by atoms with Crippen LogP contribution in [-0.2, 0) is 6.42 Å². The molecule has 2 N–H and O–H groups in total. The fourth-order valence-electron chi connectivity index (χ4n) is 2.30. The lowest BCUT2D eigenvalue weighted by atomic mass is 10.1. The molecular weight excluding hydrogens is 280 g/mol. The largest absolute Gasteiger partial charge is 0.508 e. The highest BCUT2D eigenvalue weighted by Gasteiger charge is 2.06. The van der Waals surface area contributed by atoms with E-state index in [1.54, 1.807) is 23.5 Å². The van der Waals surface area contributed by atoms with Gasteiger partial charge in [0.05, 0.1) is 15.2 Å². The number of nitrogens with one attached hydrogen (secondary N) is 1. The molecule has 1 heterocycles. The molecule has 0 saturated heterocycles. The molecule has 4 heteroatoms. The normalized spacial score (nSPS) is 12.6. The van der Waals surface area contributed by atoms with Crippen LogP contribution in [0.2, 0.25) is 0 Å². The second-order valence-corrected chi connectivity index (χ2v) is 6.21. The molecule has 0 saturated carbocycles. The molecule has 0 amide bonds. The highest BCUT2D eigenvalue weighted by atomic mass is 32.1. The maximum Gasteiger partial charge on any atom is 0.115 e. The van der Waals surface area contributed by atoms with E-state index in [1.165, 1.54) is 15.3 Å². The van der Waals surface area contributed by atoms with E-state index in [4.69, 9.17) is 0 Å². The van der Waals surface area contributed by atoms with Crippen LogP contribution in [0.5, 0.6) is 5.75 Å². The zero-order chi connectivity index (χ0) is 14.7. The Labute approximate surface area is 128 Å². The number of phenols is 1.